The molecule has 2 heterocycles. The number of fused-ring (bicyclic) bond motifs is 1. The van der Waals surface area contributed by atoms with Crippen molar-refractivity contribution in [3.63, 3.8) is 0 Å². The van der Waals surface area contributed by atoms with Gasteiger partial charge >= 0.3 is 5.97 Å². The maximum atomic E-state index is 14.1. The molecule has 0 spiro atoms. The molecule has 1 aliphatic heterocycles. The van der Waals surface area contributed by atoms with Gasteiger partial charge in [-0.3, -0.25) is 9.36 Å². The number of ether oxygens (including phenoxy) is 5. The highest BCUT2D eigenvalue weighted by molar-refractivity contribution is 9.11. The van der Waals surface area contributed by atoms with Crippen LogP contribution in [-0.2, 0) is 14.3 Å². The van der Waals surface area contributed by atoms with Crippen molar-refractivity contribution in [1.29, 1.82) is 0 Å². The zero-order valence-corrected chi connectivity index (χ0v) is 27.6. The van der Waals surface area contributed by atoms with Crippen molar-refractivity contribution in [2.75, 3.05) is 40.6 Å². The van der Waals surface area contributed by atoms with Gasteiger partial charge in [0.2, 0.25) is 0 Å². The van der Waals surface area contributed by atoms with Crippen LogP contribution in [0.2, 0.25) is 0 Å². The van der Waals surface area contributed by atoms with Gasteiger partial charge in [-0.25, -0.2) is 9.79 Å². The lowest BCUT2D eigenvalue weighted by atomic mass is 9.94. The van der Waals surface area contributed by atoms with Crippen LogP contribution < -0.4 is 29.1 Å². The van der Waals surface area contributed by atoms with E-state index in [0.717, 1.165) is 5.56 Å². The van der Waals surface area contributed by atoms with E-state index in [1.165, 1.54) is 30.1 Å². The Morgan fingerprint density at radius 3 is 2.52 bits per heavy atom. The van der Waals surface area contributed by atoms with Crippen molar-refractivity contribution >= 4 is 55.2 Å². The van der Waals surface area contributed by atoms with Crippen molar-refractivity contribution in [2.24, 2.45) is 4.99 Å². The van der Waals surface area contributed by atoms with Crippen LogP contribution in [0.15, 0.2) is 73.0 Å². The number of hydrogen-bond acceptors (Lipinski definition) is 9. The van der Waals surface area contributed by atoms with E-state index in [1.807, 2.05) is 25.1 Å². The lowest BCUT2D eigenvalue weighted by Crippen LogP contribution is -2.40. The molecule has 9 nitrogen and oxygen atoms in total. The normalized spacial score (nSPS) is 14.7. The highest BCUT2D eigenvalue weighted by atomic mass is 79.9. The number of aromatic nitrogens is 1. The van der Waals surface area contributed by atoms with Crippen LogP contribution in [0.3, 0.4) is 0 Å². The Morgan fingerprint density at radius 2 is 1.88 bits per heavy atom. The number of allylic oxidation sites excluding steroid dienone is 1. The van der Waals surface area contributed by atoms with Gasteiger partial charge < -0.3 is 23.7 Å². The molecular formula is C30H30Br2N2O7S. The molecule has 3 aromatic rings. The minimum absolute atomic E-state index is 0.0515. The summed E-state index contributed by atoms with van der Waals surface area (Å²) in [5.74, 6) is 0.941. The summed E-state index contributed by atoms with van der Waals surface area (Å²) in [5, 5.41) is 0. The number of carbonyl (C=O) groups is 1. The topological polar surface area (TPSA) is 97.6 Å². The SMILES string of the molecule is C=CCOc1c(Br)cc(/C=c2/sc3n(c2=O)[C@H](c2cccc(OC)c2OCC)C(C(=O)OCCOC)=C(C)N=3)cc1Br. The molecule has 0 saturated carbocycles. The Hall–Kier alpha value is -3.19. The molecule has 1 aromatic heterocycles. The van der Waals surface area contributed by atoms with Crippen molar-refractivity contribution in [1.82, 2.24) is 4.57 Å². The first-order chi connectivity index (χ1) is 20.2. The van der Waals surface area contributed by atoms with Crippen LogP contribution in [0.4, 0.5) is 0 Å². The Balaban J connectivity index is 1.93. The van der Waals surface area contributed by atoms with Crippen molar-refractivity contribution < 1.29 is 28.5 Å². The molecule has 0 radical (unpaired) electrons. The average molecular weight is 722 g/mol. The van der Waals surface area contributed by atoms with Crippen LogP contribution in [0.5, 0.6) is 17.2 Å². The minimum atomic E-state index is -0.872. The summed E-state index contributed by atoms with van der Waals surface area (Å²) in [6.45, 7) is 8.24. The lowest BCUT2D eigenvalue weighted by Gasteiger charge is -2.27. The van der Waals surface area contributed by atoms with E-state index < -0.39 is 12.0 Å². The summed E-state index contributed by atoms with van der Waals surface area (Å²) in [4.78, 5) is 32.7. The molecule has 0 fully saturated rings. The van der Waals surface area contributed by atoms with Crippen molar-refractivity contribution in [3.05, 3.63) is 94.0 Å². The molecule has 1 aliphatic rings. The van der Waals surface area contributed by atoms with E-state index in [0.29, 0.717) is 60.0 Å². The first-order valence-electron chi connectivity index (χ1n) is 13.0. The molecule has 12 heteroatoms. The molecule has 4 rings (SSSR count). The number of rotatable bonds is 12. The number of carbonyl (C=O) groups excluding carboxylic acids is 1. The Kier molecular flexibility index (Phi) is 10.8. The number of nitrogens with zero attached hydrogens (tertiary/aromatic N) is 2. The maximum Gasteiger partial charge on any atom is 0.338 e. The van der Waals surface area contributed by atoms with Gasteiger partial charge in [0, 0.05) is 12.7 Å². The van der Waals surface area contributed by atoms with E-state index >= 15 is 0 Å². The van der Waals surface area contributed by atoms with Crippen LogP contribution in [0.1, 0.15) is 31.0 Å². The van der Waals surface area contributed by atoms with E-state index in [4.69, 9.17) is 23.7 Å². The molecule has 0 amide bonds. The van der Waals surface area contributed by atoms with Gasteiger partial charge in [-0.05, 0) is 75.5 Å². The van der Waals surface area contributed by atoms with Gasteiger partial charge in [-0.2, -0.15) is 0 Å². The largest absolute Gasteiger partial charge is 0.493 e. The molecule has 0 unspecified atom stereocenters. The third-order valence-electron chi connectivity index (χ3n) is 6.24. The Labute approximate surface area is 264 Å². The number of benzene rings is 2. The zero-order chi connectivity index (χ0) is 30.4. The van der Waals surface area contributed by atoms with Gasteiger partial charge in [0.15, 0.2) is 16.3 Å². The predicted octanol–water partition coefficient (Wildman–Crippen LogP) is 4.92. The molecule has 2 aromatic carbocycles. The summed E-state index contributed by atoms with van der Waals surface area (Å²) >= 11 is 8.33. The van der Waals surface area contributed by atoms with Gasteiger partial charge in [-0.1, -0.05) is 36.1 Å². The quantitative estimate of drug-likeness (QED) is 0.149. The van der Waals surface area contributed by atoms with E-state index in [-0.39, 0.29) is 24.3 Å². The third kappa shape index (κ3) is 6.56. The number of methoxy groups -OCH3 is 2. The lowest BCUT2D eigenvalue weighted by molar-refractivity contribution is -0.140. The summed E-state index contributed by atoms with van der Waals surface area (Å²) < 4.78 is 31.2. The summed E-state index contributed by atoms with van der Waals surface area (Å²) in [6, 6.07) is 8.22. The first-order valence-corrected chi connectivity index (χ1v) is 15.4. The fourth-order valence-corrected chi connectivity index (χ4v) is 6.97. The van der Waals surface area contributed by atoms with Crippen LogP contribution in [0, 0.1) is 0 Å². The standard InChI is InChI=1S/C30H30Br2N2O7S/c1-6-11-40-27-20(31)14-18(15-21(27)32)16-23-28(35)34-25(19-9-8-10-22(38-5)26(19)39-7-2)24(17(3)33-30(34)42-23)29(36)41-13-12-37-4/h6,8-10,14-16,25H,1,7,11-13H2,2-5H3/b23-16+/t25-/m1/s1. The maximum absolute atomic E-state index is 14.1. The monoisotopic (exact) mass is 720 g/mol. The van der Waals surface area contributed by atoms with Crippen LogP contribution in [-0.4, -0.2) is 51.2 Å². The second kappa shape index (κ2) is 14.3. The van der Waals surface area contributed by atoms with Gasteiger partial charge in [0.05, 0.1) is 45.1 Å². The van der Waals surface area contributed by atoms with E-state index in [2.05, 4.69) is 43.4 Å². The molecule has 222 valence electrons. The van der Waals surface area contributed by atoms with Gasteiger partial charge in [0.1, 0.15) is 25.0 Å². The number of thiazole rings is 1. The summed E-state index contributed by atoms with van der Waals surface area (Å²) in [7, 11) is 3.06. The fraction of sp³-hybridized carbons (Fsp3) is 0.300. The van der Waals surface area contributed by atoms with E-state index in [1.54, 1.807) is 31.2 Å². The van der Waals surface area contributed by atoms with Gasteiger partial charge in [-0.15, -0.1) is 0 Å². The Morgan fingerprint density at radius 1 is 1.14 bits per heavy atom. The second-order valence-electron chi connectivity index (χ2n) is 8.94. The summed E-state index contributed by atoms with van der Waals surface area (Å²) in [5.41, 5.74) is 1.69. The average Bonchev–Trinajstić information content (AvgIpc) is 3.26. The fourth-order valence-electron chi connectivity index (χ4n) is 4.47. The zero-order valence-electron chi connectivity index (χ0n) is 23.6. The molecule has 0 aliphatic carbocycles. The van der Waals surface area contributed by atoms with Crippen molar-refractivity contribution in [3.8, 4) is 17.2 Å². The molecule has 0 saturated heterocycles. The predicted molar refractivity (Wildman–Crippen MR) is 168 cm³/mol. The van der Waals surface area contributed by atoms with Gasteiger partial charge in [0.25, 0.3) is 5.56 Å². The molecular weight excluding hydrogens is 692 g/mol. The smallest absolute Gasteiger partial charge is 0.338 e. The second-order valence-corrected chi connectivity index (χ2v) is 11.7. The molecule has 1 atom stereocenters. The third-order valence-corrected chi connectivity index (χ3v) is 8.40. The highest BCUT2D eigenvalue weighted by Crippen LogP contribution is 2.41. The van der Waals surface area contributed by atoms with Crippen molar-refractivity contribution in [2.45, 2.75) is 19.9 Å². The molecule has 0 N–H and O–H groups in total. The first kappa shape index (κ1) is 31.7. The van der Waals surface area contributed by atoms with E-state index in [9.17, 15) is 9.59 Å². The minimum Gasteiger partial charge on any atom is -0.493 e. The Bertz CT molecular complexity index is 1690. The molecule has 0 bridgehead atoms. The summed E-state index contributed by atoms with van der Waals surface area (Å²) in [6.07, 6.45) is 3.44. The highest BCUT2D eigenvalue weighted by Gasteiger charge is 2.36. The number of esters is 1. The molecule has 42 heavy (non-hydrogen) atoms. The number of halogens is 2. The number of hydrogen-bond donors (Lipinski definition) is 0. The van der Waals surface area contributed by atoms with Crippen LogP contribution in [0.25, 0.3) is 6.08 Å². The van der Waals surface area contributed by atoms with Crippen LogP contribution >= 0.6 is 43.2 Å². The number of para-hydroxylation sites is 1.